The predicted molar refractivity (Wildman–Crippen MR) is 109 cm³/mol. The van der Waals surface area contributed by atoms with Crippen molar-refractivity contribution in [3.05, 3.63) is 64.8 Å². The van der Waals surface area contributed by atoms with E-state index in [0.717, 1.165) is 5.56 Å². The quantitative estimate of drug-likeness (QED) is 0.643. The van der Waals surface area contributed by atoms with Crippen LogP contribution in [0.25, 0.3) is 10.9 Å². The molecule has 0 fully saturated rings. The zero-order chi connectivity index (χ0) is 21.6. The van der Waals surface area contributed by atoms with Crippen LogP contribution in [0.15, 0.2) is 42.5 Å². The van der Waals surface area contributed by atoms with E-state index < -0.39 is 17.4 Å². The monoisotopic (exact) mass is 407 g/mol. The number of hydrogen-bond donors (Lipinski definition) is 2. The van der Waals surface area contributed by atoms with Crippen LogP contribution in [0.1, 0.15) is 33.6 Å². The third-order valence-electron chi connectivity index (χ3n) is 5.98. The SMILES string of the molecule is COc1ccc2c(c1)c1c(n2C(=O)c2ccc(C)cc2)CCC(C(=O)O)(C(=O)O)C1. The molecule has 3 aromatic rings. The molecule has 0 bridgehead atoms. The maximum atomic E-state index is 13.4. The first-order valence-electron chi connectivity index (χ1n) is 9.57. The van der Waals surface area contributed by atoms with Gasteiger partial charge < -0.3 is 14.9 Å². The molecule has 1 aromatic heterocycles. The number of aryl methyl sites for hydroxylation is 1. The van der Waals surface area contributed by atoms with Crippen LogP contribution in [0.3, 0.4) is 0 Å². The lowest BCUT2D eigenvalue weighted by atomic mass is 9.72. The average Bonchev–Trinajstić information content (AvgIpc) is 3.05. The molecule has 30 heavy (non-hydrogen) atoms. The van der Waals surface area contributed by atoms with Crippen LogP contribution in [0, 0.1) is 12.3 Å². The Morgan fingerprint density at radius 3 is 2.30 bits per heavy atom. The molecule has 2 N–H and O–H groups in total. The van der Waals surface area contributed by atoms with Gasteiger partial charge in [-0.25, -0.2) is 0 Å². The van der Waals surface area contributed by atoms with Crippen LogP contribution in [0.2, 0.25) is 0 Å². The van der Waals surface area contributed by atoms with E-state index in [9.17, 15) is 24.6 Å². The zero-order valence-corrected chi connectivity index (χ0v) is 16.6. The first-order valence-corrected chi connectivity index (χ1v) is 9.57. The molecule has 1 aliphatic rings. The number of carboxylic acids is 2. The molecule has 0 aliphatic heterocycles. The van der Waals surface area contributed by atoms with Crippen LogP contribution in [0.4, 0.5) is 0 Å². The number of aliphatic carboxylic acids is 2. The fourth-order valence-corrected chi connectivity index (χ4v) is 4.21. The minimum Gasteiger partial charge on any atom is -0.497 e. The predicted octanol–water partition coefficient (Wildman–Crippen LogP) is 3.29. The zero-order valence-electron chi connectivity index (χ0n) is 16.6. The first kappa shape index (κ1) is 19.7. The lowest BCUT2D eigenvalue weighted by molar-refractivity contribution is -0.165. The summed E-state index contributed by atoms with van der Waals surface area (Å²) in [5.74, 6) is -2.42. The van der Waals surface area contributed by atoms with Crippen molar-refractivity contribution in [2.75, 3.05) is 7.11 Å². The molecule has 2 aromatic carbocycles. The second-order valence-corrected chi connectivity index (χ2v) is 7.68. The summed E-state index contributed by atoms with van der Waals surface area (Å²) in [4.78, 5) is 37.2. The lowest BCUT2D eigenvalue weighted by Gasteiger charge is -2.29. The Balaban J connectivity index is 1.96. The molecule has 1 aliphatic carbocycles. The van der Waals surface area contributed by atoms with Crippen LogP contribution in [-0.4, -0.2) is 39.7 Å². The topological polar surface area (TPSA) is 106 Å². The number of benzene rings is 2. The normalized spacial score (nSPS) is 14.9. The molecule has 0 amide bonds. The molecule has 0 saturated heterocycles. The van der Waals surface area contributed by atoms with Crippen LogP contribution in [-0.2, 0) is 22.4 Å². The largest absolute Gasteiger partial charge is 0.497 e. The van der Waals surface area contributed by atoms with E-state index >= 15 is 0 Å². The number of carbonyl (C=O) groups excluding carboxylic acids is 1. The Labute approximate surface area is 172 Å². The van der Waals surface area contributed by atoms with Gasteiger partial charge in [-0.05, 0) is 55.7 Å². The summed E-state index contributed by atoms with van der Waals surface area (Å²) in [6.07, 6.45) is -0.104. The third-order valence-corrected chi connectivity index (χ3v) is 5.98. The van der Waals surface area contributed by atoms with Gasteiger partial charge >= 0.3 is 11.9 Å². The highest BCUT2D eigenvalue weighted by Gasteiger charge is 2.50. The highest BCUT2D eigenvalue weighted by atomic mass is 16.5. The van der Waals surface area contributed by atoms with Gasteiger partial charge in [-0.15, -0.1) is 0 Å². The Bertz CT molecular complexity index is 1170. The van der Waals surface area contributed by atoms with Gasteiger partial charge in [-0.3, -0.25) is 19.0 Å². The molecule has 0 spiro atoms. The average molecular weight is 407 g/mol. The second kappa shape index (κ2) is 7.02. The summed E-state index contributed by atoms with van der Waals surface area (Å²) < 4.78 is 6.89. The molecule has 4 rings (SSSR count). The maximum Gasteiger partial charge on any atom is 0.321 e. The lowest BCUT2D eigenvalue weighted by Crippen LogP contribution is -2.44. The summed E-state index contributed by atoms with van der Waals surface area (Å²) in [6, 6.07) is 12.4. The van der Waals surface area contributed by atoms with Crippen LogP contribution < -0.4 is 4.74 Å². The van der Waals surface area contributed by atoms with Gasteiger partial charge in [-0.1, -0.05) is 17.7 Å². The van der Waals surface area contributed by atoms with Gasteiger partial charge in [0.1, 0.15) is 5.75 Å². The Morgan fingerprint density at radius 2 is 1.70 bits per heavy atom. The van der Waals surface area contributed by atoms with Crippen LogP contribution >= 0.6 is 0 Å². The van der Waals surface area contributed by atoms with E-state index in [1.807, 2.05) is 19.1 Å². The van der Waals surface area contributed by atoms with Gasteiger partial charge in [0.15, 0.2) is 5.41 Å². The van der Waals surface area contributed by atoms with Crippen molar-refractivity contribution in [2.45, 2.75) is 26.2 Å². The number of aromatic nitrogens is 1. The van der Waals surface area contributed by atoms with Crippen LogP contribution in [0.5, 0.6) is 5.75 Å². The summed E-state index contributed by atoms with van der Waals surface area (Å²) in [5.41, 5.74) is 1.45. The third kappa shape index (κ3) is 2.85. The van der Waals surface area contributed by atoms with E-state index in [1.165, 1.54) is 7.11 Å². The Morgan fingerprint density at radius 1 is 1.03 bits per heavy atom. The number of fused-ring (bicyclic) bond motifs is 3. The van der Waals surface area contributed by atoms with E-state index in [1.54, 1.807) is 34.9 Å². The number of methoxy groups -OCH3 is 1. The van der Waals surface area contributed by atoms with E-state index in [4.69, 9.17) is 4.74 Å². The highest BCUT2D eigenvalue weighted by molar-refractivity contribution is 6.06. The summed E-state index contributed by atoms with van der Waals surface area (Å²) in [6.45, 7) is 1.94. The number of ether oxygens (including phenoxy) is 1. The van der Waals surface area contributed by atoms with E-state index in [2.05, 4.69) is 0 Å². The molecule has 0 atom stereocenters. The molecular formula is C23H21NO6. The number of carboxylic acid groups (broad SMARTS) is 2. The first-order chi connectivity index (χ1) is 14.3. The number of rotatable bonds is 4. The molecule has 7 heteroatoms. The fourth-order valence-electron chi connectivity index (χ4n) is 4.21. The van der Waals surface area contributed by atoms with Gasteiger partial charge in [0.25, 0.3) is 5.91 Å². The van der Waals surface area contributed by atoms with Crippen molar-refractivity contribution >= 4 is 28.7 Å². The summed E-state index contributed by atoms with van der Waals surface area (Å²) >= 11 is 0. The van der Waals surface area contributed by atoms with Crippen molar-refractivity contribution in [1.82, 2.24) is 4.57 Å². The van der Waals surface area contributed by atoms with Crippen molar-refractivity contribution < 1.29 is 29.3 Å². The molecule has 0 radical (unpaired) electrons. The van der Waals surface area contributed by atoms with Gasteiger partial charge in [-0.2, -0.15) is 0 Å². The maximum absolute atomic E-state index is 13.4. The molecular weight excluding hydrogens is 386 g/mol. The van der Waals surface area contributed by atoms with Crippen molar-refractivity contribution in [3.8, 4) is 5.75 Å². The van der Waals surface area contributed by atoms with E-state index in [-0.39, 0.29) is 25.2 Å². The minimum absolute atomic E-state index is 0.0840. The summed E-state index contributed by atoms with van der Waals surface area (Å²) in [7, 11) is 1.51. The van der Waals surface area contributed by atoms with Crippen molar-refractivity contribution in [3.63, 3.8) is 0 Å². The smallest absolute Gasteiger partial charge is 0.321 e. The van der Waals surface area contributed by atoms with Gasteiger partial charge in [0, 0.05) is 23.1 Å². The Hall–Kier alpha value is -3.61. The Kier molecular flexibility index (Phi) is 4.61. The van der Waals surface area contributed by atoms with Gasteiger partial charge in [0.2, 0.25) is 0 Å². The summed E-state index contributed by atoms with van der Waals surface area (Å²) in [5, 5.41) is 20.0. The van der Waals surface area contributed by atoms with Gasteiger partial charge in [0.05, 0.1) is 12.6 Å². The fraction of sp³-hybridized carbons (Fsp3) is 0.261. The van der Waals surface area contributed by atoms with E-state index in [0.29, 0.717) is 33.5 Å². The molecule has 0 saturated carbocycles. The number of hydrogen-bond acceptors (Lipinski definition) is 4. The molecule has 154 valence electrons. The second-order valence-electron chi connectivity index (χ2n) is 7.68. The molecule has 0 unspecified atom stereocenters. The minimum atomic E-state index is -1.91. The standard InChI is InChI=1S/C23H21NO6/c1-13-3-5-14(6-4-13)20(25)24-18-8-7-15(30-2)11-16(18)17-12-23(21(26)27,22(28)29)10-9-19(17)24/h3-8,11H,9-10,12H2,1-2H3,(H,26,27)(H,28,29). The number of carbonyl (C=O) groups is 3. The highest BCUT2D eigenvalue weighted by Crippen LogP contribution is 2.42. The number of nitrogens with zero attached hydrogens (tertiary/aromatic N) is 1. The molecule has 1 heterocycles. The van der Waals surface area contributed by atoms with Crippen molar-refractivity contribution in [1.29, 1.82) is 0 Å². The van der Waals surface area contributed by atoms with Crippen molar-refractivity contribution in [2.24, 2.45) is 5.41 Å². The molecule has 7 nitrogen and oxygen atoms in total.